The quantitative estimate of drug-likeness (QED) is 0.757. The van der Waals surface area contributed by atoms with Crippen LogP contribution < -0.4 is 4.74 Å². The van der Waals surface area contributed by atoms with Gasteiger partial charge in [0, 0.05) is 24.0 Å². The molecule has 1 unspecified atom stereocenters. The predicted octanol–water partition coefficient (Wildman–Crippen LogP) is 2.65. The van der Waals surface area contributed by atoms with Crippen LogP contribution >= 0.6 is 11.6 Å². The summed E-state index contributed by atoms with van der Waals surface area (Å²) in [5, 5.41) is 0.202. The number of hydrogen-bond donors (Lipinski definition) is 0. The van der Waals surface area contributed by atoms with Gasteiger partial charge in [0.05, 0.1) is 7.11 Å². The van der Waals surface area contributed by atoms with Crippen molar-refractivity contribution in [3.63, 3.8) is 0 Å². The lowest BCUT2D eigenvalue weighted by molar-refractivity contribution is 0.320. The molecule has 1 aromatic carbocycles. The lowest BCUT2D eigenvalue weighted by Gasteiger charge is -2.16. The van der Waals surface area contributed by atoms with Gasteiger partial charge in [-0.3, -0.25) is 4.90 Å². The van der Waals surface area contributed by atoms with E-state index in [1.165, 1.54) is 7.11 Å². The fraction of sp³-hybridized carbons (Fsp3) is 0.500. The minimum absolute atomic E-state index is 0.202. The van der Waals surface area contributed by atoms with Crippen molar-refractivity contribution in [2.24, 2.45) is 0 Å². The molecular formula is C12H15ClFNO. The Morgan fingerprint density at radius 2 is 2.38 bits per heavy atom. The summed E-state index contributed by atoms with van der Waals surface area (Å²) in [5.74, 6) is 0.0437. The van der Waals surface area contributed by atoms with Crippen LogP contribution in [-0.2, 0) is 6.54 Å². The SMILES string of the molecule is COc1cccc(CN2CCC(Cl)C2)c1F. The van der Waals surface area contributed by atoms with Crippen molar-refractivity contribution >= 4 is 11.6 Å². The topological polar surface area (TPSA) is 12.5 Å². The van der Waals surface area contributed by atoms with Crippen molar-refractivity contribution in [1.82, 2.24) is 4.90 Å². The number of ether oxygens (including phenoxy) is 1. The predicted molar refractivity (Wildman–Crippen MR) is 62.5 cm³/mol. The van der Waals surface area contributed by atoms with Crippen LogP contribution in [0.5, 0.6) is 5.75 Å². The molecule has 1 saturated heterocycles. The highest BCUT2D eigenvalue weighted by molar-refractivity contribution is 6.20. The van der Waals surface area contributed by atoms with Crippen LogP contribution in [0.4, 0.5) is 4.39 Å². The molecule has 0 bridgehead atoms. The second-order valence-corrected chi connectivity index (χ2v) is 4.67. The summed E-state index contributed by atoms with van der Waals surface area (Å²) in [6.07, 6.45) is 0.979. The molecule has 1 fully saturated rings. The van der Waals surface area contributed by atoms with Gasteiger partial charge in [-0.25, -0.2) is 4.39 Å². The number of hydrogen-bond acceptors (Lipinski definition) is 2. The highest BCUT2D eigenvalue weighted by Gasteiger charge is 2.21. The van der Waals surface area contributed by atoms with Crippen LogP contribution in [-0.4, -0.2) is 30.5 Å². The van der Waals surface area contributed by atoms with Gasteiger partial charge in [-0.15, -0.1) is 11.6 Å². The Bertz CT molecular complexity index is 372. The van der Waals surface area contributed by atoms with E-state index in [2.05, 4.69) is 4.90 Å². The van der Waals surface area contributed by atoms with E-state index in [1.54, 1.807) is 12.1 Å². The van der Waals surface area contributed by atoms with E-state index in [1.807, 2.05) is 6.07 Å². The van der Waals surface area contributed by atoms with E-state index in [0.29, 0.717) is 17.9 Å². The molecule has 0 spiro atoms. The van der Waals surface area contributed by atoms with E-state index in [9.17, 15) is 4.39 Å². The summed E-state index contributed by atoms with van der Waals surface area (Å²) >= 11 is 6.01. The minimum atomic E-state index is -0.261. The van der Waals surface area contributed by atoms with Crippen molar-refractivity contribution < 1.29 is 9.13 Å². The average molecular weight is 244 g/mol. The summed E-state index contributed by atoms with van der Waals surface area (Å²) in [7, 11) is 1.48. The van der Waals surface area contributed by atoms with Crippen LogP contribution in [0.3, 0.4) is 0 Å². The molecule has 2 nitrogen and oxygen atoms in total. The van der Waals surface area contributed by atoms with Gasteiger partial charge in [-0.1, -0.05) is 12.1 Å². The van der Waals surface area contributed by atoms with Gasteiger partial charge in [0.2, 0.25) is 0 Å². The number of likely N-dealkylation sites (tertiary alicyclic amines) is 1. The van der Waals surface area contributed by atoms with Gasteiger partial charge < -0.3 is 4.74 Å². The number of alkyl halides is 1. The maximum atomic E-state index is 13.8. The Kier molecular flexibility index (Phi) is 3.66. The van der Waals surface area contributed by atoms with Gasteiger partial charge in [0.1, 0.15) is 0 Å². The zero-order valence-electron chi connectivity index (χ0n) is 9.25. The molecule has 1 aromatic rings. The van der Waals surface area contributed by atoms with Crippen LogP contribution in [0.25, 0.3) is 0 Å². The number of benzene rings is 1. The van der Waals surface area contributed by atoms with Gasteiger partial charge in [-0.2, -0.15) is 0 Å². The molecule has 0 saturated carbocycles. The summed E-state index contributed by atoms with van der Waals surface area (Å²) in [6.45, 7) is 2.37. The standard InChI is InChI=1S/C12H15ClFNO/c1-16-11-4-2-3-9(12(11)14)7-15-6-5-10(13)8-15/h2-4,10H,5-8H2,1H3. The summed E-state index contributed by atoms with van der Waals surface area (Å²) < 4.78 is 18.8. The summed E-state index contributed by atoms with van der Waals surface area (Å²) in [5.41, 5.74) is 0.671. The number of halogens is 2. The molecular weight excluding hydrogens is 229 g/mol. The van der Waals surface area contributed by atoms with Crippen LogP contribution in [0.15, 0.2) is 18.2 Å². The molecule has 0 N–H and O–H groups in total. The number of rotatable bonds is 3. The van der Waals surface area contributed by atoms with Crippen molar-refractivity contribution in [2.45, 2.75) is 18.3 Å². The molecule has 0 aliphatic carbocycles. The molecule has 1 aliphatic rings. The van der Waals surface area contributed by atoms with Gasteiger partial charge in [0.15, 0.2) is 11.6 Å². The fourth-order valence-electron chi connectivity index (χ4n) is 2.01. The molecule has 1 aliphatic heterocycles. The molecule has 0 radical (unpaired) electrons. The van der Waals surface area contributed by atoms with Crippen molar-refractivity contribution in [1.29, 1.82) is 0 Å². The monoisotopic (exact) mass is 243 g/mol. The Hall–Kier alpha value is -0.800. The molecule has 88 valence electrons. The third kappa shape index (κ3) is 2.47. The summed E-state index contributed by atoms with van der Waals surface area (Å²) in [4.78, 5) is 2.16. The zero-order valence-corrected chi connectivity index (χ0v) is 10.0. The lowest BCUT2D eigenvalue weighted by Crippen LogP contribution is -2.20. The first-order chi connectivity index (χ1) is 7.70. The zero-order chi connectivity index (χ0) is 11.5. The van der Waals surface area contributed by atoms with Crippen LogP contribution in [0.2, 0.25) is 0 Å². The van der Waals surface area contributed by atoms with Crippen molar-refractivity contribution in [2.75, 3.05) is 20.2 Å². The van der Waals surface area contributed by atoms with Gasteiger partial charge in [0.25, 0.3) is 0 Å². The molecule has 1 atom stereocenters. The average Bonchev–Trinajstić information content (AvgIpc) is 2.67. The fourth-order valence-corrected chi connectivity index (χ4v) is 2.30. The molecule has 0 amide bonds. The van der Waals surface area contributed by atoms with Crippen LogP contribution in [0.1, 0.15) is 12.0 Å². The normalized spacial score (nSPS) is 21.3. The largest absolute Gasteiger partial charge is 0.494 e. The van der Waals surface area contributed by atoms with Gasteiger partial charge in [-0.05, 0) is 19.0 Å². The van der Waals surface area contributed by atoms with E-state index < -0.39 is 0 Å². The van der Waals surface area contributed by atoms with E-state index in [4.69, 9.17) is 16.3 Å². The Balaban J connectivity index is 2.09. The third-order valence-corrected chi connectivity index (χ3v) is 3.23. The molecule has 1 heterocycles. The maximum Gasteiger partial charge on any atom is 0.169 e. The Labute approximate surface area is 100.0 Å². The molecule has 0 aromatic heterocycles. The highest BCUT2D eigenvalue weighted by atomic mass is 35.5. The Morgan fingerprint density at radius 1 is 1.56 bits per heavy atom. The lowest BCUT2D eigenvalue weighted by atomic mass is 10.2. The Morgan fingerprint density at radius 3 is 3.00 bits per heavy atom. The highest BCUT2D eigenvalue weighted by Crippen LogP contribution is 2.23. The first-order valence-electron chi connectivity index (χ1n) is 5.38. The minimum Gasteiger partial charge on any atom is -0.494 e. The van der Waals surface area contributed by atoms with E-state index in [-0.39, 0.29) is 11.2 Å². The van der Waals surface area contributed by atoms with E-state index in [0.717, 1.165) is 19.5 Å². The van der Waals surface area contributed by atoms with E-state index >= 15 is 0 Å². The third-order valence-electron chi connectivity index (χ3n) is 2.87. The molecule has 16 heavy (non-hydrogen) atoms. The van der Waals surface area contributed by atoms with Crippen molar-refractivity contribution in [3.05, 3.63) is 29.6 Å². The number of methoxy groups -OCH3 is 1. The first kappa shape index (κ1) is 11.7. The van der Waals surface area contributed by atoms with Gasteiger partial charge >= 0.3 is 0 Å². The number of nitrogens with zero attached hydrogens (tertiary/aromatic N) is 1. The van der Waals surface area contributed by atoms with Crippen molar-refractivity contribution in [3.8, 4) is 5.75 Å². The maximum absolute atomic E-state index is 13.8. The van der Waals surface area contributed by atoms with Crippen LogP contribution in [0, 0.1) is 5.82 Å². The summed E-state index contributed by atoms with van der Waals surface area (Å²) in [6, 6.07) is 5.23. The molecule has 4 heteroatoms. The smallest absolute Gasteiger partial charge is 0.169 e. The second kappa shape index (κ2) is 5.02. The first-order valence-corrected chi connectivity index (χ1v) is 5.82. The molecule has 2 rings (SSSR count). The second-order valence-electron chi connectivity index (χ2n) is 4.05.